The zero-order valence-electron chi connectivity index (χ0n) is 13.8. The van der Waals surface area contributed by atoms with Crippen LogP contribution in [0.4, 0.5) is 16.6 Å². The van der Waals surface area contributed by atoms with E-state index in [4.69, 9.17) is 22.1 Å². The summed E-state index contributed by atoms with van der Waals surface area (Å²) in [6.45, 7) is 7.77. The van der Waals surface area contributed by atoms with Crippen LogP contribution in [0.1, 0.15) is 33.6 Å². The van der Waals surface area contributed by atoms with Crippen molar-refractivity contribution in [2.45, 2.75) is 39.2 Å². The molecule has 0 saturated carbocycles. The van der Waals surface area contributed by atoms with Crippen LogP contribution in [0.3, 0.4) is 0 Å². The first-order chi connectivity index (χ1) is 10.7. The monoisotopic (exact) mass is 341 g/mol. The number of anilines is 2. The zero-order valence-corrected chi connectivity index (χ0v) is 14.6. The summed E-state index contributed by atoms with van der Waals surface area (Å²) in [6, 6.07) is 1.71. The highest BCUT2D eigenvalue weighted by Gasteiger charge is 2.23. The van der Waals surface area contributed by atoms with E-state index in [1.165, 1.54) is 0 Å². The quantitative estimate of drug-likeness (QED) is 0.820. The van der Waals surface area contributed by atoms with E-state index in [1.54, 1.807) is 6.07 Å². The molecule has 1 amide bonds. The van der Waals surface area contributed by atoms with Gasteiger partial charge in [0.25, 0.3) is 0 Å². The number of alkyl carbamates (subject to hydrolysis) is 1. The average molecular weight is 342 g/mol. The second kappa shape index (κ2) is 7.21. The molecule has 128 valence electrons. The van der Waals surface area contributed by atoms with Gasteiger partial charge in [0.05, 0.1) is 0 Å². The van der Waals surface area contributed by atoms with Crippen LogP contribution in [0, 0.1) is 5.92 Å². The van der Waals surface area contributed by atoms with E-state index >= 15 is 0 Å². The lowest BCUT2D eigenvalue weighted by Crippen LogP contribution is -2.42. The summed E-state index contributed by atoms with van der Waals surface area (Å²) >= 11 is 5.94. The van der Waals surface area contributed by atoms with Crippen molar-refractivity contribution in [2.75, 3.05) is 30.3 Å². The molecular formula is C15H24ClN5O2. The number of amides is 1. The molecule has 1 aliphatic rings. The van der Waals surface area contributed by atoms with Gasteiger partial charge in [-0.15, -0.1) is 0 Å². The lowest BCUT2D eigenvalue weighted by Gasteiger charge is -2.33. The Labute approximate surface area is 141 Å². The number of carbonyl (C=O) groups excluding carboxylic acids is 1. The van der Waals surface area contributed by atoms with Gasteiger partial charge >= 0.3 is 6.09 Å². The highest BCUT2D eigenvalue weighted by Crippen LogP contribution is 2.23. The van der Waals surface area contributed by atoms with Crippen LogP contribution in [-0.2, 0) is 4.74 Å². The normalized spacial score (nSPS) is 18.6. The van der Waals surface area contributed by atoms with Gasteiger partial charge in [-0.1, -0.05) is 11.6 Å². The molecule has 0 unspecified atom stereocenters. The van der Waals surface area contributed by atoms with E-state index < -0.39 is 5.60 Å². The largest absolute Gasteiger partial charge is 0.444 e. The van der Waals surface area contributed by atoms with E-state index in [0.29, 0.717) is 17.6 Å². The molecular weight excluding hydrogens is 318 g/mol. The number of nitrogens with zero attached hydrogens (tertiary/aromatic N) is 3. The molecule has 1 aromatic heterocycles. The third kappa shape index (κ3) is 5.74. The van der Waals surface area contributed by atoms with Crippen molar-refractivity contribution < 1.29 is 9.53 Å². The number of nitrogens with two attached hydrogens (primary N) is 1. The molecule has 0 spiro atoms. The number of nitrogens with one attached hydrogen (secondary N) is 1. The van der Waals surface area contributed by atoms with E-state index in [9.17, 15) is 4.79 Å². The number of hydrogen-bond donors (Lipinski definition) is 2. The molecule has 0 aromatic carbocycles. The van der Waals surface area contributed by atoms with Crippen molar-refractivity contribution in [3.8, 4) is 0 Å². The first kappa shape index (κ1) is 17.6. The second-order valence-electron chi connectivity index (χ2n) is 6.74. The van der Waals surface area contributed by atoms with Gasteiger partial charge in [0.15, 0.2) is 0 Å². The van der Waals surface area contributed by atoms with Crippen LogP contribution in [-0.4, -0.2) is 41.3 Å². The molecule has 1 aliphatic heterocycles. The lowest BCUT2D eigenvalue weighted by molar-refractivity contribution is 0.0517. The van der Waals surface area contributed by atoms with Gasteiger partial charge in [0, 0.05) is 25.7 Å². The van der Waals surface area contributed by atoms with Crippen LogP contribution in [0.15, 0.2) is 6.07 Å². The number of rotatable bonds is 3. The summed E-state index contributed by atoms with van der Waals surface area (Å²) in [7, 11) is 0. The molecule has 1 aromatic rings. The fraction of sp³-hybridized carbons (Fsp3) is 0.667. The number of hydrogen-bond acceptors (Lipinski definition) is 6. The van der Waals surface area contributed by atoms with Crippen molar-refractivity contribution in [3.05, 3.63) is 11.2 Å². The first-order valence-electron chi connectivity index (χ1n) is 7.75. The van der Waals surface area contributed by atoms with Crippen molar-refractivity contribution in [3.63, 3.8) is 0 Å². The zero-order chi connectivity index (χ0) is 17.0. The Bertz CT molecular complexity index is 541. The Morgan fingerprint density at radius 1 is 1.52 bits per heavy atom. The Balaban J connectivity index is 1.89. The Hall–Kier alpha value is -1.76. The SMILES string of the molecule is CC(C)(C)OC(=O)NC[C@H]1CCCN(c2cc(Cl)nc(N)n2)C1. The number of ether oxygens (including phenoxy) is 1. The van der Waals surface area contributed by atoms with Gasteiger partial charge < -0.3 is 20.7 Å². The van der Waals surface area contributed by atoms with Gasteiger partial charge in [-0.3, -0.25) is 0 Å². The summed E-state index contributed by atoms with van der Waals surface area (Å²) in [5.41, 5.74) is 5.16. The molecule has 0 radical (unpaired) electrons. The summed E-state index contributed by atoms with van der Waals surface area (Å²) in [6.07, 6.45) is 1.67. The van der Waals surface area contributed by atoms with Gasteiger partial charge in [-0.25, -0.2) is 9.78 Å². The molecule has 1 atom stereocenters. The minimum absolute atomic E-state index is 0.168. The maximum Gasteiger partial charge on any atom is 0.407 e. The average Bonchev–Trinajstić information content (AvgIpc) is 2.43. The maximum atomic E-state index is 11.7. The molecule has 8 heteroatoms. The predicted octanol–water partition coefficient (Wildman–Crippen LogP) is 2.45. The van der Waals surface area contributed by atoms with Crippen LogP contribution >= 0.6 is 11.6 Å². The van der Waals surface area contributed by atoms with Crippen LogP contribution in [0.5, 0.6) is 0 Å². The molecule has 3 N–H and O–H groups in total. The van der Waals surface area contributed by atoms with E-state index in [2.05, 4.69) is 20.2 Å². The molecule has 0 bridgehead atoms. The van der Waals surface area contributed by atoms with Crippen LogP contribution < -0.4 is 16.0 Å². The van der Waals surface area contributed by atoms with E-state index in [1.807, 2.05) is 20.8 Å². The highest BCUT2D eigenvalue weighted by molar-refractivity contribution is 6.29. The Morgan fingerprint density at radius 2 is 2.26 bits per heavy atom. The summed E-state index contributed by atoms with van der Waals surface area (Å²) in [4.78, 5) is 22.0. The Morgan fingerprint density at radius 3 is 2.91 bits per heavy atom. The van der Waals surface area contributed by atoms with Gasteiger partial charge in [-0.05, 0) is 39.5 Å². The fourth-order valence-electron chi connectivity index (χ4n) is 2.57. The number of nitrogen functional groups attached to an aromatic ring is 1. The molecule has 0 aliphatic carbocycles. The minimum Gasteiger partial charge on any atom is -0.444 e. The van der Waals surface area contributed by atoms with Gasteiger partial charge in [0.1, 0.15) is 16.6 Å². The van der Waals surface area contributed by atoms with Crippen molar-refractivity contribution in [2.24, 2.45) is 5.92 Å². The lowest BCUT2D eigenvalue weighted by atomic mass is 9.98. The predicted molar refractivity (Wildman–Crippen MR) is 90.6 cm³/mol. The molecule has 1 saturated heterocycles. The third-order valence-electron chi connectivity index (χ3n) is 3.48. The first-order valence-corrected chi connectivity index (χ1v) is 8.12. The number of carbonyl (C=O) groups is 1. The van der Waals surface area contributed by atoms with E-state index in [-0.39, 0.29) is 12.0 Å². The third-order valence-corrected chi connectivity index (χ3v) is 3.67. The van der Waals surface area contributed by atoms with Crippen molar-refractivity contribution in [1.82, 2.24) is 15.3 Å². The smallest absolute Gasteiger partial charge is 0.407 e. The van der Waals surface area contributed by atoms with E-state index in [0.717, 1.165) is 31.7 Å². The molecule has 23 heavy (non-hydrogen) atoms. The number of piperidine rings is 1. The van der Waals surface area contributed by atoms with Crippen molar-refractivity contribution >= 4 is 29.5 Å². The van der Waals surface area contributed by atoms with Crippen LogP contribution in [0.25, 0.3) is 0 Å². The summed E-state index contributed by atoms with van der Waals surface area (Å²) in [5.74, 6) is 1.22. The molecule has 2 rings (SSSR count). The van der Waals surface area contributed by atoms with Crippen LogP contribution in [0.2, 0.25) is 5.15 Å². The van der Waals surface area contributed by atoms with Gasteiger partial charge in [0.2, 0.25) is 5.95 Å². The standard InChI is InChI=1S/C15H24ClN5O2/c1-15(2,3)23-14(22)18-8-10-5-4-6-21(9-10)12-7-11(16)19-13(17)20-12/h7,10H,4-6,8-9H2,1-3H3,(H,18,22)(H2,17,19,20)/t10-/m1/s1. The number of aromatic nitrogens is 2. The van der Waals surface area contributed by atoms with Crippen molar-refractivity contribution in [1.29, 1.82) is 0 Å². The molecule has 1 fully saturated rings. The highest BCUT2D eigenvalue weighted by atomic mass is 35.5. The fourth-order valence-corrected chi connectivity index (χ4v) is 2.75. The second-order valence-corrected chi connectivity index (χ2v) is 7.13. The maximum absolute atomic E-state index is 11.7. The Kier molecular flexibility index (Phi) is 5.51. The molecule has 2 heterocycles. The topological polar surface area (TPSA) is 93.4 Å². The summed E-state index contributed by atoms with van der Waals surface area (Å²) < 4.78 is 5.25. The number of halogens is 1. The molecule has 7 nitrogen and oxygen atoms in total. The minimum atomic E-state index is -0.488. The summed E-state index contributed by atoms with van der Waals surface area (Å²) in [5, 5.41) is 3.17. The van der Waals surface area contributed by atoms with Gasteiger partial charge in [-0.2, -0.15) is 4.98 Å².